The fourth-order valence-corrected chi connectivity index (χ4v) is 1.46. The van der Waals surface area contributed by atoms with Gasteiger partial charge in [0.15, 0.2) is 0 Å². The molecule has 1 unspecified atom stereocenters. The Morgan fingerprint density at radius 2 is 1.89 bits per heavy atom. The van der Waals surface area contributed by atoms with E-state index >= 15 is 0 Å². The van der Waals surface area contributed by atoms with E-state index in [1.807, 2.05) is 13.8 Å². The lowest BCUT2D eigenvalue weighted by Gasteiger charge is -2.30. The molecule has 19 heavy (non-hydrogen) atoms. The van der Waals surface area contributed by atoms with Crippen molar-refractivity contribution in [2.24, 2.45) is 11.7 Å². The van der Waals surface area contributed by atoms with Crippen LogP contribution in [0.2, 0.25) is 0 Å². The molecule has 0 aromatic rings. The topological polar surface area (TPSA) is 113 Å². The molecule has 0 saturated carbocycles. The Morgan fingerprint density at radius 3 is 2.21 bits per heavy atom. The molecule has 0 aliphatic heterocycles. The van der Waals surface area contributed by atoms with Crippen LogP contribution in [0.5, 0.6) is 0 Å². The van der Waals surface area contributed by atoms with Gasteiger partial charge >= 0.3 is 12.0 Å². The maximum absolute atomic E-state index is 12.0. The van der Waals surface area contributed by atoms with Gasteiger partial charge in [0.2, 0.25) is 5.91 Å². The number of hydrogen-bond acceptors (Lipinski definition) is 3. The summed E-state index contributed by atoms with van der Waals surface area (Å²) >= 11 is 0. The quantitative estimate of drug-likeness (QED) is 0.622. The highest BCUT2D eigenvalue weighted by Crippen LogP contribution is 2.10. The van der Waals surface area contributed by atoms with Crippen molar-refractivity contribution < 1.29 is 19.5 Å². The van der Waals surface area contributed by atoms with Crippen LogP contribution < -0.4 is 11.1 Å². The van der Waals surface area contributed by atoms with Crippen LogP contribution in [0, 0.1) is 5.92 Å². The van der Waals surface area contributed by atoms with Gasteiger partial charge in [-0.1, -0.05) is 20.8 Å². The fraction of sp³-hybridized carbons (Fsp3) is 0.750. The van der Waals surface area contributed by atoms with E-state index in [-0.39, 0.29) is 18.9 Å². The van der Waals surface area contributed by atoms with Crippen LogP contribution in [-0.4, -0.2) is 46.5 Å². The summed E-state index contributed by atoms with van der Waals surface area (Å²) in [4.78, 5) is 35.3. The van der Waals surface area contributed by atoms with Crippen LogP contribution in [-0.2, 0) is 9.59 Å². The number of primary amides is 1. The molecular weight excluding hydrogens is 250 g/mol. The molecule has 0 radical (unpaired) electrons. The SMILES string of the molecule is CCC(C)(NC(=O)N(CC(N)=O)CC(C)C)C(=O)O. The lowest BCUT2D eigenvalue weighted by molar-refractivity contribution is -0.143. The van der Waals surface area contributed by atoms with Crippen LogP contribution in [0.3, 0.4) is 0 Å². The molecule has 0 aromatic heterocycles. The van der Waals surface area contributed by atoms with E-state index in [4.69, 9.17) is 10.8 Å². The number of amides is 3. The Kier molecular flexibility index (Phi) is 6.31. The summed E-state index contributed by atoms with van der Waals surface area (Å²) in [5, 5.41) is 11.5. The van der Waals surface area contributed by atoms with Crippen molar-refractivity contribution in [2.75, 3.05) is 13.1 Å². The van der Waals surface area contributed by atoms with Gasteiger partial charge in [-0.15, -0.1) is 0 Å². The van der Waals surface area contributed by atoms with Crippen molar-refractivity contribution >= 4 is 17.9 Å². The van der Waals surface area contributed by atoms with Crippen molar-refractivity contribution in [3.8, 4) is 0 Å². The number of carboxylic acid groups (broad SMARTS) is 1. The first kappa shape index (κ1) is 17.2. The number of carboxylic acids is 1. The van der Waals surface area contributed by atoms with E-state index in [0.29, 0.717) is 6.54 Å². The number of carbonyl (C=O) groups is 3. The third-order valence-corrected chi connectivity index (χ3v) is 2.78. The Hall–Kier alpha value is -1.79. The maximum Gasteiger partial charge on any atom is 0.329 e. The molecule has 0 heterocycles. The van der Waals surface area contributed by atoms with E-state index in [1.54, 1.807) is 6.92 Å². The first-order chi connectivity index (χ1) is 8.62. The van der Waals surface area contributed by atoms with Crippen molar-refractivity contribution in [1.82, 2.24) is 10.2 Å². The third kappa shape index (κ3) is 5.58. The van der Waals surface area contributed by atoms with E-state index in [9.17, 15) is 14.4 Å². The van der Waals surface area contributed by atoms with Crippen LogP contribution in [0.25, 0.3) is 0 Å². The van der Waals surface area contributed by atoms with Gasteiger partial charge in [0.05, 0.1) is 0 Å². The largest absolute Gasteiger partial charge is 0.480 e. The minimum absolute atomic E-state index is 0.141. The smallest absolute Gasteiger partial charge is 0.329 e. The van der Waals surface area contributed by atoms with Gasteiger partial charge in [-0.25, -0.2) is 9.59 Å². The van der Waals surface area contributed by atoms with E-state index in [2.05, 4.69) is 5.32 Å². The molecule has 7 nitrogen and oxygen atoms in total. The fourth-order valence-electron chi connectivity index (χ4n) is 1.46. The molecule has 0 spiro atoms. The summed E-state index contributed by atoms with van der Waals surface area (Å²) < 4.78 is 0. The number of hydrogen-bond donors (Lipinski definition) is 3. The zero-order valence-corrected chi connectivity index (χ0v) is 11.9. The lowest BCUT2D eigenvalue weighted by atomic mass is 9.99. The van der Waals surface area contributed by atoms with Crippen molar-refractivity contribution in [3.05, 3.63) is 0 Å². The van der Waals surface area contributed by atoms with Gasteiger partial charge in [0.1, 0.15) is 12.1 Å². The number of nitrogens with one attached hydrogen (secondary N) is 1. The predicted octanol–water partition coefficient (Wildman–Crippen LogP) is 0.393. The standard InChI is InChI=1S/C12H23N3O4/c1-5-12(4,10(17)18)14-11(19)15(6-8(2)3)7-9(13)16/h8H,5-7H2,1-4H3,(H2,13,16)(H,14,19)(H,17,18). The van der Waals surface area contributed by atoms with Crippen LogP contribution in [0.4, 0.5) is 4.79 Å². The highest BCUT2D eigenvalue weighted by atomic mass is 16.4. The van der Waals surface area contributed by atoms with E-state index in [1.165, 1.54) is 11.8 Å². The highest BCUT2D eigenvalue weighted by Gasteiger charge is 2.34. The highest BCUT2D eigenvalue weighted by molar-refractivity contribution is 5.88. The summed E-state index contributed by atoms with van der Waals surface area (Å²) in [6, 6.07) is -0.598. The molecule has 0 rings (SSSR count). The predicted molar refractivity (Wildman–Crippen MR) is 70.5 cm³/mol. The van der Waals surface area contributed by atoms with Gasteiger partial charge < -0.3 is 21.1 Å². The molecule has 0 fully saturated rings. The minimum atomic E-state index is -1.36. The number of aliphatic carboxylic acids is 1. The first-order valence-corrected chi connectivity index (χ1v) is 6.21. The number of nitrogens with two attached hydrogens (primary N) is 1. The van der Waals surface area contributed by atoms with Crippen molar-refractivity contribution in [3.63, 3.8) is 0 Å². The Bertz CT molecular complexity index is 357. The first-order valence-electron chi connectivity index (χ1n) is 6.21. The van der Waals surface area contributed by atoms with Crippen LogP contribution >= 0.6 is 0 Å². The molecule has 110 valence electrons. The zero-order valence-electron chi connectivity index (χ0n) is 11.9. The Morgan fingerprint density at radius 1 is 1.37 bits per heavy atom. The Balaban J connectivity index is 4.89. The molecule has 0 aliphatic rings. The molecule has 0 bridgehead atoms. The summed E-state index contributed by atoms with van der Waals surface area (Å²) in [6.45, 7) is 6.95. The molecule has 3 amide bonds. The van der Waals surface area contributed by atoms with Gasteiger partial charge in [0, 0.05) is 6.54 Å². The van der Waals surface area contributed by atoms with Gasteiger partial charge in [0.25, 0.3) is 0 Å². The second-order valence-corrected chi connectivity index (χ2v) is 5.16. The summed E-state index contributed by atoms with van der Waals surface area (Å²) in [6.07, 6.45) is 0.236. The lowest BCUT2D eigenvalue weighted by Crippen LogP contribution is -2.57. The normalized spacial score (nSPS) is 13.7. The maximum atomic E-state index is 12.0. The summed E-state index contributed by atoms with van der Waals surface area (Å²) in [7, 11) is 0. The monoisotopic (exact) mass is 273 g/mol. The van der Waals surface area contributed by atoms with Crippen molar-refractivity contribution in [2.45, 2.75) is 39.7 Å². The molecule has 1 atom stereocenters. The zero-order chi connectivity index (χ0) is 15.2. The number of urea groups is 1. The summed E-state index contributed by atoms with van der Waals surface area (Å²) in [5.74, 6) is -1.61. The molecule has 7 heteroatoms. The van der Waals surface area contributed by atoms with Crippen LogP contribution in [0.1, 0.15) is 34.1 Å². The number of carbonyl (C=O) groups excluding carboxylic acids is 2. The molecule has 0 aliphatic carbocycles. The van der Waals surface area contributed by atoms with Gasteiger partial charge in [-0.05, 0) is 19.3 Å². The van der Waals surface area contributed by atoms with Gasteiger partial charge in [-0.2, -0.15) is 0 Å². The molecule has 4 N–H and O–H groups in total. The number of nitrogens with zero attached hydrogens (tertiary/aromatic N) is 1. The molecular formula is C12H23N3O4. The van der Waals surface area contributed by atoms with Crippen molar-refractivity contribution in [1.29, 1.82) is 0 Å². The van der Waals surface area contributed by atoms with Crippen LogP contribution in [0.15, 0.2) is 0 Å². The van der Waals surface area contributed by atoms with Gasteiger partial charge in [-0.3, -0.25) is 4.79 Å². The second-order valence-electron chi connectivity index (χ2n) is 5.16. The average Bonchev–Trinajstić information content (AvgIpc) is 2.26. The van der Waals surface area contributed by atoms with E-state index in [0.717, 1.165) is 0 Å². The Labute approximate surface area is 113 Å². The third-order valence-electron chi connectivity index (χ3n) is 2.78. The van der Waals surface area contributed by atoms with E-state index < -0.39 is 23.4 Å². The molecule has 0 aromatic carbocycles. The summed E-state index contributed by atoms with van der Waals surface area (Å²) in [5.41, 5.74) is 3.73. The number of rotatable bonds is 7. The average molecular weight is 273 g/mol. The molecule has 0 saturated heterocycles. The minimum Gasteiger partial charge on any atom is -0.480 e. The second kappa shape index (κ2) is 6.96.